The molecule has 3 aromatic rings. The lowest BCUT2D eigenvalue weighted by atomic mass is 10.2. The van der Waals surface area contributed by atoms with E-state index in [4.69, 9.17) is 23.6 Å². The maximum absolute atomic E-state index is 12.8. The number of carbonyl (C=O) groups is 1. The molecule has 1 aliphatic heterocycles. The van der Waals surface area contributed by atoms with Gasteiger partial charge >= 0.3 is 0 Å². The Kier molecular flexibility index (Phi) is 6.32. The Morgan fingerprint density at radius 2 is 1.78 bits per heavy atom. The molecule has 0 spiro atoms. The minimum atomic E-state index is 0.0442. The van der Waals surface area contributed by atoms with Crippen molar-refractivity contribution in [3.63, 3.8) is 0 Å². The number of nitrogens with zero attached hydrogens (tertiary/aromatic N) is 3. The van der Waals surface area contributed by atoms with Crippen molar-refractivity contribution in [1.82, 2.24) is 9.88 Å². The number of aryl methyl sites for hydroxylation is 1. The Labute approximate surface area is 187 Å². The van der Waals surface area contributed by atoms with Crippen LogP contribution in [-0.4, -0.2) is 56.8 Å². The van der Waals surface area contributed by atoms with Crippen molar-refractivity contribution in [2.75, 3.05) is 45.9 Å². The Bertz CT molecular complexity index is 1110. The van der Waals surface area contributed by atoms with Crippen LogP contribution in [0, 0.1) is 6.92 Å². The van der Waals surface area contributed by atoms with Crippen LogP contribution in [0.4, 0.5) is 5.69 Å². The second-order valence-corrected chi connectivity index (χ2v) is 7.55. The zero-order chi connectivity index (χ0) is 22.7. The molecule has 8 heteroatoms. The Morgan fingerprint density at radius 1 is 1.00 bits per heavy atom. The fourth-order valence-corrected chi connectivity index (χ4v) is 3.79. The molecule has 0 bridgehead atoms. The van der Waals surface area contributed by atoms with Gasteiger partial charge in [0, 0.05) is 37.5 Å². The first kappa shape index (κ1) is 21.7. The van der Waals surface area contributed by atoms with Gasteiger partial charge < -0.3 is 23.5 Å². The molecular formula is C24H27N3O5. The molecule has 1 aliphatic rings. The Morgan fingerprint density at radius 3 is 2.50 bits per heavy atom. The highest BCUT2D eigenvalue weighted by Crippen LogP contribution is 2.34. The summed E-state index contributed by atoms with van der Waals surface area (Å²) >= 11 is 0. The van der Waals surface area contributed by atoms with Gasteiger partial charge in [0.25, 0.3) is 0 Å². The van der Waals surface area contributed by atoms with Gasteiger partial charge in [0.15, 0.2) is 0 Å². The maximum atomic E-state index is 12.8. The van der Waals surface area contributed by atoms with Crippen molar-refractivity contribution >= 4 is 11.6 Å². The highest BCUT2D eigenvalue weighted by molar-refractivity contribution is 5.95. The number of oxazole rings is 1. The van der Waals surface area contributed by atoms with Gasteiger partial charge in [-0.3, -0.25) is 9.69 Å². The second-order valence-electron chi connectivity index (χ2n) is 7.55. The summed E-state index contributed by atoms with van der Waals surface area (Å²) in [5, 5.41) is 0. The summed E-state index contributed by atoms with van der Waals surface area (Å²) in [6, 6.07) is 13.1. The van der Waals surface area contributed by atoms with E-state index in [1.165, 1.54) is 0 Å². The van der Waals surface area contributed by atoms with Crippen LogP contribution in [0.15, 0.2) is 46.9 Å². The summed E-state index contributed by atoms with van der Waals surface area (Å²) in [5.41, 5.74) is 2.41. The molecule has 0 saturated carbocycles. The first-order valence-electron chi connectivity index (χ1n) is 10.4. The SMILES string of the molecule is COc1cccc(N2CCN(Cc3nc(-c4ccc(OC)cc4OC)oc3C)CC2=O)c1. The number of amides is 1. The Balaban J connectivity index is 1.47. The molecular weight excluding hydrogens is 410 g/mol. The largest absolute Gasteiger partial charge is 0.497 e. The van der Waals surface area contributed by atoms with E-state index in [2.05, 4.69) is 4.90 Å². The lowest BCUT2D eigenvalue weighted by molar-refractivity contribution is -0.121. The molecule has 2 aromatic carbocycles. The van der Waals surface area contributed by atoms with Crippen molar-refractivity contribution in [1.29, 1.82) is 0 Å². The van der Waals surface area contributed by atoms with Gasteiger partial charge in [0.1, 0.15) is 23.0 Å². The highest BCUT2D eigenvalue weighted by atomic mass is 16.5. The fourth-order valence-electron chi connectivity index (χ4n) is 3.79. The van der Waals surface area contributed by atoms with Crippen molar-refractivity contribution < 1.29 is 23.4 Å². The minimum Gasteiger partial charge on any atom is -0.497 e. The number of hydrogen-bond donors (Lipinski definition) is 0. The number of anilines is 1. The smallest absolute Gasteiger partial charge is 0.241 e. The zero-order valence-electron chi connectivity index (χ0n) is 18.8. The molecule has 0 atom stereocenters. The average molecular weight is 437 g/mol. The summed E-state index contributed by atoms with van der Waals surface area (Å²) in [7, 11) is 4.83. The molecule has 1 aromatic heterocycles. The topological polar surface area (TPSA) is 77.3 Å². The van der Waals surface area contributed by atoms with Gasteiger partial charge in [-0.25, -0.2) is 4.98 Å². The van der Waals surface area contributed by atoms with E-state index in [0.29, 0.717) is 37.0 Å². The third-order valence-electron chi connectivity index (χ3n) is 5.57. The van der Waals surface area contributed by atoms with Crippen LogP contribution in [0.25, 0.3) is 11.5 Å². The first-order chi connectivity index (χ1) is 15.5. The first-order valence-corrected chi connectivity index (χ1v) is 10.4. The average Bonchev–Trinajstić information content (AvgIpc) is 3.18. The molecule has 32 heavy (non-hydrogen) atoms. The van der Waals surface area contributed by atoms with Crippen molar-refractivity contribution in [2.24, 2.45) is 0 Å². The lowest BCUT2D eigenvalue weighted by Gasteiger charge is -2.34. The van der Waals surface area contributed by atoms with Gasteiger partial charge in [-0.1, -0.05) is 6.07 Å². The predicted octanol–water partition coefficient (Wildman–Crippen LogP) is 3.52. The number of hydrogen-bond acceptors (Lipinski definition) is 7. The van der Waals surface area contributed by atoms with Gasteiger partial charge in [0.05, 0.1) is 39.1 Å². The summed E-state index contributed by atoms with van der Waals surface area (Å²) in [5.74, 6) is 3.31. The molecule has 0 N–H and O–H groups in total. The minimum absolute atomic E-state index is 0.0442. The van der Waals surface area contributed by atoms with Gasteiger partial charge in [-0.05, 0) is 31.2 Å². The number of benzene rings is 2. The van der Waals surface area contributed by atoms with Gasteiger partial charge in [-0.15, -0.1) is 0 Å². The molecule has 1 saturated heterocycles. The summed E-state index contributed by atoms with van der Waals surface area (Å²) in [6.45, 7) is 4.06. The maximum Gasteiger partial charge on any atom is 0.241 e. The van der Waals surface area contributed by atoms with Crippen LogP contribution >= 0.6 is 0 Å². The quantitative estimate of drug-likeness (QED) is 0.560. The third kappa shape index (κ3) is 4.40. The van der Waals surface area contributed by atoms with Crippen molar-refractivity contribution in [3.05, 3.63) is 53.9 Å². The third-order valence-corrected chi connectivity index (χ3v) is 5.57. The molecule has 168 valence electrons. The predicted molar refractivity (Wildman–Crippen MR) is 120 cm³/mol. The second kappa shape index (κ2) is 9.32. The van der Waals surface area contributed by atoms with E-state index in [0.717, 1.165) is 35.0 Å². The number of aromatic nitrogens is 1. The van der Waals surface area contributed by atoms with Gasteiger partial charge in [-0.2, -0.15) is 0 Å². The van der Waals surface area contributed by atoms with E-state index in [-0.39, 0.29) is 5.91 Å². The molecule has 4 rings (SSSR count). The van der Waals surface area contributed by atoms with Crippen LogP contribution in [-0.2, 0) is 11.3 Å². The summed E-state index contributed by atoms with van der Waals surface area (Å²) in [4.78, 5) is 21.4. The van der Waals surface area contributed by atoms with E-state index in [9.17, 15) is 4.79 Å². The number of ether oxygens (including phenoxy) is 3. The molecule has 1 fully saturated rings. The molecule has 2 heterocycles. The highest BCUT2D eigenvalue weighted by Gasteiger charge is 2.27. The summed E-state index contributed by atoms with van der Waals surface area (Å²) in [6.07, 6.45) is 0. The molecule has 8 nitrogen and oxygen atoms in total. The number of methoxy groups -OCH3 is 3. The van der Waals surface area contributed by atoms with Crippen LogP contribution in [0.1, 0.15) is 11.5 Å². The van der Waals surface area contributed by atoms with Gasteiger partial charge in [0.2, 0.25) is 11.8 Å². The van der Waals surface area contributed by atoms with E-state index >= 15 is 0 Å². The van der Waals surface area contributed by atoms with Crippen LogP contribution in [0.2, 0.25) is 0 Å². The van der Waals surface area contributed by atoms with Crippen LogP contribution < -0.4 is 19.1 Å². The monoisotopic (exact) mass is 437 g/mol. The van der Waals surface area contributed by atoms with Crippen molar-refractivity contribution in [2.45, 2.75) is 13.5 Å². The lowest BCUT2D eigenvalue weighted by Crippen LogP contribution is -2.50. The van der Waals surface area contributed by atoms with E-state index in [1.807, 2.05) is 43.3 Å². The Hall–Kier alpha value is -3.52. The molecule has 1 amide bonds. The number of rotatable bonds is 7. The molecule has 0 radical (unpaired) electrons. The van der Waals surface area contributed by atoms with Crippen LogP contribution in [0.5, 0.6) is 17.2 Å². The normalized spacial score (nSPS) is 14.5. The molecule has 0 unspecified atom stereocenters. The number of piperazine rings is 1. The van der Waals surface area contributed by atoms with Crippen molar-refractivity contribution in [3.8, 4) is 28.7 Å². The zero-order valence-corrected chi connectivity index (χ0v) is 18.8. The fraction of sp³-hybridized carbons (Fsp3) is 0.333. The van der Waals surface area contributed by atoms with E-state index in [1.54, 1.807) is 32.3 Å². The van der Waals surface area contributed by atoms with Crippen LogP contribution in [0.3, 0.4) is 0 Å². The standard InChI is InChI=1S/C24H27N3O5/c1-16-21(25-24(32-16)20-9-8-19(30-3)13-22(20)31-4)14-26-10-11-27(23(28)15-26)17-6-5-7-18(12-17)29-2/h5-9,12-13H,10-11,14-15H2,1-4H3. The number of carbonyl (C=O) groups excluding carboxylic acids is 1. The molecule has 0 aliphatic carbocycles. The summed E-state index contributed by atoms with van der Waals surface area (Å²) < 4.78 is 21.9. The van der Waals surface area contributed by atoms with E-state index < -0.39 is 0 Å².